The fourth-order valence-corrected chi connectivity index (χ4v) is 4.90. The predicted octanol–water partition coefficient (Wildman–Crippen LogP) is 4.89. The molecule has 14 heavy (non-hydrogen) atoms. The van der Waals surface area contributed by atoms with Crippen LogP contribution in [0.5, 0.6) is 0 Å². The minimum Gasteiger partial charge on any atom is -0.206 e. The molecule has 0 radical (unpaired) electrons. The minimum atomic E-state index is -0.213. The van der Waals surface area contributed by atoms with Gasteiger partial charge in [0.05, 0.1) is 8.42 Å². The number of rotatable bonds is 3. The first-order valence-electron chi connectivity index (χ1n) is 3.56. The molecule has 74 valence electrons. The molecule has 0 aliphatic heterocycles. The SMILES string of the molecule is Fc1csc(SSc2cc(F)cs2)c1. The lowest BCUT2D eigenvalue weighted by Crippen LogP contribution is -1.58. The summed E-state index contributed by atoms with van der Waals surface area (Å²) in [6.45, 7) is 0. The van der Waals surface area contributed by atoms with E-state index in [9.17, 15) is 8.78 Å². The van der Waals surface area contributed by atoms with Crippen LogP contribution in [-0.2, 0) is 0 Å². The zero-order valence-corrected chi connectivity index (χ0v) is 9.96. The van der Waals surface area contributed by atoms with Gasteiger partial charge in [0.25, 0.3) is 0 Å². The average Bonchev–Trinajstić information content (AvgIpc) is 2.72. The maximum Gasteiger partial charge on any atom is 0.135 e. The number of hydrogen-bond donors (Lipinski definition) is 0. The van der Waals surface area contributed by atoms with Crippen molar-refractivity contribution in [3.05, 3.63) is 34.5 Å². The fraction of sp³-hybridized carbons (Fsp3) is 0. The summed E-state index contributed by atoms with van der Waals surface area (Å²) in [5.41, 5.74) is 0. The molecule has 0 nitrogen and oxygen atoms in total. The standard InChI is InChI=1S/C8H4F2S4/c9-5-1-7(11-3-5)13-14-8-2-6(10)4-12-8/h1-4H. The summed E-state index contributed by atoms with van der Waals surface area (Å²) in [6, 6.07) is 2.96. The van der Waals surface area contributed by atoms with Crippen molar-refractivity contribution in [2.75, 3.05) is 0 Å². The van der Waals surface area contributed by atoms with Gasteiger partial charge in [-0.25, -0.2) is 8.78 Å². The monoisotopic (exact) mass is 266 g/mol. The largest absolute Gasteiger partial charge is 0.206 e. The Morgan fingerprint density at radius 1 is 0.857 bits per heavy atom. The van der Waals surface area contributed by atoms with Gasteiger partial charge in [0.2, 0.25) is 0 Å². The van der Waals surface area contributed by atoms with Gasteiger partial charge < -0.3 is 0 Å². The van der Waals surface area contributed by atoms with Crippen LogP contribution in [0.3, 0.4) is 0 Å². The lowest BCUT2D eigenvalue weighted by molar-refractivity contribution is 0.631. The van der Waals surface area contributed by atoms with Crippen molar-refractivity contribution in [2.45, 2.75) is 8.42 Å². The summed E-state index contributed by atoms with van der Waals surface area (Å²) in [5.74, 6) is -0.425. The third kappa shape index (κ3) is 2.73. The van der Waals surface area contributed by atoms with E-state index in [0.717, 1.165) is 8.42 Å². The van der Waals surface area contributed by atoms with Crippen LogP contribution in [0.1, 0.15) is 0 Å². The van der Waals surface area contributed by atoms with Gasteiger partial charge in [-0.2, -0.15) is 0 Å². The van der Waals surface area contributed by atoms with E-state index >= 15 is 0 Å². The van der Waals surface area contributed by atoms with Crippen molar-refractivity contribution < 1.29 is 8.78 Å². The number of hydrogen-bond acceptors (Lipinski definition) is 4. The Morgan fingerprint density at radius 3 is 1.57 bits per heavy atom. The predicted molar refractivity (Wildman–Crippen MR) is 60.3 cm³/mol. The Morgan fingerprint density at radius 2 is 1.29 bits per heavy atom. The van der Waals surface area contributed by atoms with E-state index in [-0.39, 0.29) is 11.6 Å². The van der Waals surface area contributed by atoms with Crippen molar-refractivity contribution in [1.29, 1.82) is 0 Å². The van der Waals surface area contributed by atoms with Crippen molar-refractivity contribution in [3.63, 3.8) is 0 Å². The Labute approximate surface area is 95.7 Å². The van der Waals surface area contributed by atoms with E-state index in [0.29, 0.717) is 0 Å². The second kappa shape index (κ2) is 4.65. The molecule has 0 N–H and O–H groups in total. The molecular weight excluding hydrogens is 262 g/mol. The second-order valence-corrected chi connectivity index (χ2v) is 6.89. The average molecular weight is 266 g/mol. The highest BCUT2D eigenvalue weighted by atomic mass is 33.1. The van der Waals surface area contributed by atoms with E-state index < -0.39 is 0 Å². The highest BCUT2D eigenvalue weighted by Crippen LogP contribution is 2.42. The molecule has 2 aromatic heterocycles. The number of halogens is 2. The van der Waals surface area contributed by atoms with Crippen LogP contribution in [0.25, 0.3) is 0 Å². The molecule has 0 aliphatic carbocycles. The van der Waals surface area contributed by atoms with Gasteiger partial charge in [0.1, 0.15) is 11.6 Å². The molecular formula is C8H4F2S4. The maximum absolute atomic E-state index is 12.6. The van der Waals surface area contributed by atoms with Gasteiger partial charge in [-0.3, -0.25) is 0 Å². The van der Waals surface area contributed by atoms with Crippen molar-refractivity contribution >= 4 is 44.3 Å². The quantitative estimate of drug-likeness (QED) is 0.726. The zero-order valence-electron chi connectivity index (χ0n) is 6.70. The molecule has 2 rings (SSSR count). The summed E-state index contributed by atoms with van der Waals surface area (Å²) >= 11 is 2.71. The van der Waals surface area contributed by atoms with E-state index in [4.69, 9.17) is 0 Å². The van der Waals surface area contributed by atoms with Crippen LogP contribution in [0, 0.1) is 11.6 Å². The third-order valence-electron chi connectivity index (χ3n) is 1.29. The lowest BCUT2D eigenvalue weighted by atomic mass is 10.6. The second-order valence-electron chi connectivity index (χ2n) is 2.33. The minimum absolute atomic E-state index is 0.213. The molecule has 0 atom stereocenters. The highest BCUT2D eigenvalue weighted by Gasteiger charge is 2.03. The molecule has 0 bridgehead atoms. The summed E-state index contributed by atoms with van der Waals surface area (Å²) < 4.78 is 27.0. The highest BCUT2D eigenvalue weighted by molar-refractivity contribution is 8.77. The van der Waals surface area contributed by atoms with Gasteiger partial charge in [-0.1, -0.05) is 0 Å². The van der Waals surface area contributed by atoms with Gasteiger partial charge in [0, 0.05) is 10.8 Å². The molecule has 0 aliphatic rings. The molecule has 2 heterocycles. The maximum atomic E-state index is 12.6. The Bertz CT molecular complexity index is 380. The van der Waals surface area contributed by atoms with E-state index in [1.54, 1.807) is 0 Å². The normalized spacial score (nSPS) is 10.7. The van der Waals surface area contributed by atoms with Crippen LogP contribution in [0.4, 0.5) is 8.78 Å². The molecule has 0 saturated heterocycles. The lowest BCUT2D eigenvalue weighted by Gasteiger charge is -1.91. The third-order valence-corrected chi connectivity index (χ3v) is 6.36. The first kappa shape index (κ1) is 10.5. The Balaban J connectivity index is 1.94. The molecule has 0 spiro atoms. The Kier molecular flexibility index (Phi) is 3.48. The molecule has 2 aromatic rings. The van der Waals surface area contributed by atoms with Crippen LogP contribution < -0.4 is 0 Å². The van der Waals surface area contributed by atoms with E-state index in [1.807, 2.05) is 0 Å². The van der Waals surface area contributed by atoms with E-state index in [1.165, 1.54) is 67.2 Å². The first-order chi connectivity index (χ1) is 6.74. The topological polar surface area (TPSA) is 0 Å². The van der Waals surface area contributed by atoms with Crippen LogP contribution >= 0.6 is 44.3 Å². The number of thiophene rings is 2. The van der Waals surface area contributed by atoms with Crippen molar-refractivity contribution in [1.82, 2.24) is 0 Å². The molecule has 0 aromatic carbocycles. The molecule has 0 saturated carbocycles. The molecule has 0 fully saturated rings. The van der Waals surface area contributed by atoms with Gasteiger partial charge in [0.15, 0.2) is 0 Å². The first-order valence-corrected chi connectivity index (χ1v) is 7.47. The summed E-state index contributed by atoms with van der Waals surface area (Å²) in [4.78, 5) is 0. The fourth-order valence-electron chi connectivity index (χ4n) is 0.760. The summed E-state index contributed by atoms with van der Waals surface area (Å²) in [7, 11) is 2.89. The molecule has 6 heteroatoms. The van der Waals surface area contributed by atoms with Gasteiger partial charge in [-0.15, -0.1) is 22.7 Å². The van der Waals surface area contributed by atoms with Crippen molar-refractivity contribution in [3.8, 4) is 0 Å². The van der Waals surface area contributed by atoms with Crippen LogP contribution in [0.2, 0.25) is 0 Å². The summed E-state index contributed by atoms with van der Waals surface area (Å²) in [5, 5.41) is 2.91. The smallest absolute Gasteiger partial charge is 0.135 e. The molecule has 0 unspecified atom stereocenters. The zero-order chi connectivity index (χ0) is 9.97. The van der Waals surface area contributed by atoms with Gasteiger partial charge in [-0.05, 0) is 33.7 Å². The van der Waals surface area contributed by atoms with E-state index in [2.05, 4.69) is 0 Å². The van der Waals surface area contributed by atoms with Crippen LogP contribution in [0.15, 0.2) is 31.3 Å². The molecule has 0 amide bonds. The van der Waals surface area contributed by atoms with Crippen molar-refractivity contribution in [2.24, 2.45) is 0 Å². The Hall–Kier alpha value is -0.0400. The van der Waals surface area contributed by atoms with Crippen LogP contribution in [-0.4, -0.2) is 0 Å². The van der Waals surface area contributed by atoms with Gasteiger partial charge >= 0.3 is 0 Å². The summed E-state index contributed by atoms with van der Waals surface area (Å²) in [6.07, 6.45) is 0.